The molecule has 1 atom stereocenters. The van der Waals surface area contributed by atoms with Gasteiger partial charge in [-0.25, -0.2) is 13.8 Å². The lowest BCUT2D eigenvalue weighted by Gasteiger charge is -2.49. The van der Waals surface area contributed by atoms with E-state index in [0.29, 0.717) is 31.6 Å². The summed E-state index contributed by atoms with van der Waals surface area (Å²) < 4.78 is 30.6. The van der Waals surface area contributed by atoms with Crippen LogP contribution in [0.1, 0.15) is 42.1 Å². The number of aromatic nitrogens is 2. The topological polar surface area (TPSA) is 75.0 Å². The Morgan fingerprint density at radius 1 is 1.27 bits per heavy atom. The monoisotopic (exact) mass is 418 g/mol. The summed E-state index contributed by atoms with van der Waals surface area (Å²) >= 11 is 0. The minimum Gasteiger partial charge on any atom is -0.342 e. The van der Waals surface area contributed by atoms with Crippen molar-refractivity contribution in [2.24, 2.45) is 5.41 Å². The number of likely N-dealkylation sites (tertiary alicyclic amines) is 2. The largest absolute Gasteiger partial charge is 0.342 e. The highest BCUT2D eigenvalue weighted by atomic mass is 19.3. The fourth-order valence-electron chi connectivity index (χ4n) is 4.71. The molecule has 30 heavy (non-hydrogen) atoms. The van der Waals surface area contributed by atoms with Crippen molar-refractivity contribution in [3.63, 3.8) is 0 Å². The molecule has 0 N–H and O–H groups in total. The predicted molar refractivity (Wildman–Crippen MR) is 106 cm³/mol. The molecule has 160 valence electrons. The molecular formula is C21H24F2N4O3. The molecule has 9 heteroatoms. The highest BCUT2D eigenvalue weighted by Gasteiger charge is 2.56. The van der Waals surface area contributed by atoms with Gasteiger partial charge < -0.3 is 9.80 Å². The van der Waals surface area contributed by atoms with Gasteiger partial charge in [0, 0.05) is 38.4 Å². The first kappa shape index (κ1) is 20.4. The first-order chi connectivity index (χ1) is 14.2. The Hall–Kier alpha value is -2.84. The number of piperidine rings is 2. The molecular weight excluding hydrogens is 394 g/mol. The smallest absolute Gasteiger partial charge is 0.270 e. The van der Waals surface area contributed by atoms with Crippen LogP contribution in [0.4, 0.5) is 8.78 Å². The first-order valence-electron chi connectivity index (χ1n) is 10.1. The summed E-state index contributed by atoms with van der Waals surface area (Å²) in [6.45, 7) is 3.70. The molecule has 0 aromatic carbocycles. The van der Waals surface area contributed by atoms with Gasteiger partial charge >= 0.3 is 0 Å². The summed E-state index contributed by atoms with van der Waals surface area (Å²) in [5, 5.41) is 0. The van der Waals surface area contributed by atoms with Crippen LogP contribution < -0.4 is 5.56 Å². The average molecular weight is 418 g/mol. The van der Waals surface area contributed by atoms with E-state index in [-0.39, 0.29) is 18.0 Å². The fourth-order valence-corrected chi connectivity index (χ4v) is 4.71. The van der Waals surface area contributed by atoms with Crippen molar-refractivity contribution < 1.29 is 18.4 Å². The zero-order chi connectivity index (χ0) is 21.7. The Labute approximate surface area is 172 Å². The van der Waals surface area contributed by atoms with Gasteiger partial charge in [0.2, 0.25) is 5.91 Å². The summed E-state index contributed by atoms with van der Waals surface area (Å²) in [5.74, 6) is -4.36. The van der Waals surface area contributed by atoms with Crippen LogP contribution in [0.2, 0.25) is 0 Å². The number of fused-ring (bicyclic) bond motifs is 1. The Balaban J connectivity index is 1.71. The molecule has 0 bridgehead atoms. The maximum atomic E-state index is 14.7. The van der Waals surface area contributed by atoms with Crippen molar-refractivity contribution in [1.82, 2.24) is 19.2 Å². The maximum Gasteiger partial charge on any atom is 0.270 e. The zero-order valence-corrected chi connectivity index (χ0v) is 17.0. The van der Waals surface area contributed by atoms with Crippen molar-refractivity contribution in [3.8, 4) is 0 Å². The van der Waals surface area contributed by atoms with Gasteiger partial charge in [-0.3, -0.25) is 18.8 Å². The number of carbonyl (C=O) groups is 2. The predicted octanol–water partition coefficient (Wildman–Crippen LogP) is 2.11. The van der Waals surface area contributed by atoms with Crippen molar-refractivity contribution in [3.05, 3.63) is 46.0 Å². The number of nitrogens with zero attached hydrogens (tertiary/aromatic N) is 4. The zero-order valence-electron chi connectivity index (χ0n) is 17.0. The van der Waals surface area contributed by atoms with Crippen LogP contribution in [0.5, 0.6) is 0 Å². The quantitative estimate of drug-likeness (QED) is 0.749. The lowest BCUT2D eigenvalue weighted by molar-refractivity contribution is -0.165. The summed E-state index contributed by atoms with van der Waals surface area (Å²) in [6, 6.07) is 3.40. The number of rotatable bonds is 2. The number of aryl methyl sites for hydroxylation is 1. The minimum atomic E-state index is -3.21. The molecule has 2 aliphatic rings. The molecule has 0 radical (unpaired) electrons. The lowest BCUT2D eigenvalue weighted by atomic mass is 9.71. The van der Waals surface area contributed by atoms with E-state index in [9.17, 15) is 23.2 Å². The van der Waals surface area contributed by atoms with Gasteiger partial charge in [-0.1, -0.05) is 0 Å². The second-order valence-corrected chi connectivity index (χ2v) is 8.37. The van der Waals surface area contributed by atoms with Crippen molar-refractivity contribution in [1.29, 1.82) is 0 Å². The van der Waals surface area contributed by atoms with E-state index < -0.39 is 35.8 Å². The standard InChI is InChI=1S/C21H24F2N4O3/c1-3-25-7-4-6-20(19(25)30)11-21(22,23)13-26(12-20)17(28)15-10-24-16-9-14(2)5-8-27(16)18(15)29/h5,8-10H,3-4,6-7,11-13H2,1-2H3/t20-/m1/s1. The van der Waals surface area contributed by atoms with Crippen LogP contribution in [-0.2, 0) is 4.79 Å². The van der Waals surface area contributed by atoms with Crippen LogP contribution >= 0.6 is 0 Å². The number of amides is 2. The molecule has 7 nitrogen and oxygen atoms in total. The number of alkyl halides is 2. The Bertz CT molecular complexity index is 1080. The van der Waals surface area contributed by atoms with E-state index in [1.807, 2.05) is 13.8 Å². The third-order valence-corrected chi connectivity index (χ3v) is 6.10. The molecule has 2 amide bonds. The minimum absolute atomic E-state index is 0.118. The van der Waals surface area contributed by atoms with Gasteiger partial charge in [-0.15, -0.1) is 0 Å². The molecule has 1 spiro atoms. The van der Waals surface area contributed by atoms with E-state index >= 15 is 0 Å². The number of hydrogen-bond donors (Lipinski definition) is 0. The normalized spacial score (nSPS) is 23.9. The van der Waals surface area contributed by atoms with Gasteiger partial charge in [-0.2, -0.15) is 0 Å². The molecule has 4 heterocycles. The second-order valence-electron chi connectivity index (χ2n) is 8.37. The van der Waals surface area contributed by atoms with Crippen LogP contribution in [-0.4, -0.2) is 63.1 Å². The molecule has 2 aromatic rings. The number of hydrogen-bond acceptors (Lipinski definition) is 4. The number of pyridine rings is 1. The van der Waals surface area contributed by atoms with Crippen LogP contribution in [0, 0.1) is 12.3 Å². The molecule has 2 aliphatic heterocycles. The summed E-state index contributed by atoms with van der Waals surface area (Å²) in [5.41, 5.74) is -0.936. The summed E-state index contributed by atoms with van der Waals surface area (Å²) in [7, 11) is 0. The van der Waals surface area contributed by atoms with Gasteiger partial charge in [0.15, 0.2) is 0 Å². The van der Waals surface area contributed by atoms with E-state index in [0.717, 1.165) is 16.7 Å². The Morgan fingerprint density at radius 2 is 2.03 bits per heavy atom. The van der Waals surface area contributed by atoms with E-state index in [1.165, 1.54) is 10.6 Å². The van der Waals surface area contributed by atoms with Gasteiger partial charge in [0.25, 0.3) is 17.4 Å². The SMILES string of the molecule is CCN1CCC[C@@]2(CN(C(=O)c3cnc4cc(C)ccn4c3=O)CC(F)(F)C2)C1=O. The number of carbonyl (C=O) groups excluding carboxylic acids is 2. The highest BCUT2D eigenvalue weighted by Crippen LogP contribution is 2.45. The molecule has 2 saturated heterocycles. The van der Waals surface area contributed by atoms with Gasteiger partial charge in [0.05, 0.1) is 12.0 Å². The fraction of sp³-hybridized carbons (Fsp3) is 0.524. The Morgan fingerprint density at radius 3 is 2.77 bits per heavy atom. The van der Waals surface area contributed by atoms with Crippen LogP contribution in [0.3, 0.4) is 0 Å². The average Bonchev–Trinajstić information content (AvgIpc) is 2.68. The first-order valence-corrected chi connectivity index (χ1v) is 10.1. The maximum absolute atomic E-state index is 14.7. The molecule has 4 rings (SSSR count). The lowest BCUT2D eigenvalue weighted by Crippen LogP contribution is -2.62. The van der Waals surface area contributed by atoms with E-state index in [1.54, 1.807) is 17.0 Å². The third-order valence-electron chi connectivity index (χ3n) is 6.10. The molecule has 0 aliphatic carbocycles. The Kier molecular flexibility index (Phi) is 4.86. The molecule has 0 unspecified atom stereocenters. The van der Waals surface area contributed by atoms with Crippen LogP contribution in [0.25, 0.3) is 5.65 Å². The van der Waals surface area contributed by atoms with Crippen molar-refractivity contribution >= 4 is 17.5 Å². The second kappa shape index (κ2) is 7.14. The molecule has 2 aromatic heterocycles. The van der Waals surface area contributed by atoms with Crippen molar-refractivity contribution in [2.75, 3.05) is 26.2 Å². The van der Waals surface area contributed by atoms with Crippen molar-refractivity contribution in [2.45, 2.75) is 39.0 Å². The summed E-state index contributed by atoms with van der Waals surface area (Å²) in [6.07, 6.45) is 2.98. The van der Waals surface area contributed by atoms with E-state index in [4.69, 9.17) is 0 Å². The third kappa shape index (κ3) is 3.36. The molecule has 0 saturated carbocycles. The van der Waals surface area contributed by atoms with E-state index in [2.05, 4.69) is 4.98 Å². The van der Waals surface area contributed by atoms with Gasteiger partial charge in [0.1, 0.15) is 11.2 Å². The van der Waals surface area contributed by atoms with Gasteiger partial charge in [-0.05, 0) is 44.4 Å². The van der Waals surface area contributed by atoms with Crippen LogP contribution in [0.15, 0.2) is 29.3 Å². The number of halogens is 2. The highest BCUT2D eigenvalue weighted by molar-refractivity contribution is 5.95. The summed E-state index contributed by atoms with van der Waals surface area (Å²) in [4.78, 5) is 45.6. The molecule has 2 fully saturated rings.